The first kappa shape index (κ1) is 20.7. The molecule has 0 unspecified atom stereocenters. The first-order valence-corrected chi connectivity index (χ1v) is 10.5. The molecule has 7 nitrogen and oxygen atoms in total. The van der Waals surface area contributed by atoms with Crippen LogP contribution < -0.4 is 16.0 Å². The zero-order valence-corrected chi connectivity index (χ0v) is 17.8. The number of para-hydroxylation sites is 1. The van der Waals surface area contributed by atoms with Crippen LogP contribution in [0.25, 0.3) is 11.1 Å². The number of nitrogens with one attached hydrogen (secondary N) is 1. The van der Waals surface area contributed by atoms with Gasteiger partial charge in [-0.15, -0.1) is 0 Å². The zero-order valence-electron chi connectivity index (χ0n) is 17.8. The van der Waals surface area contributed by atoms with Gasteiger partial charge in [-0.05, 0) is 42.7 Å². The van der Waals surface area contributed by atoms with E-state index in [1.165, 1.54) is 4.68 Å². The van der Waals surface area contributed by atoms with E-state index in [-0.39, 0.29) is 24.5 Å². The minimum Gasteiger partial charge on any atom is -0.378 e. The lowest BCUT2D eigenvalue weighted by Gasteiger charge is -2.40. The third kappa shape index (κ3) is 4.30. The van der Waals surface area contributed by atoms with Crippen molar-refractivity contribution in [2.45, 2.75) is 45.3 Å². The second kappa shape index (κ2) is 8.63. The maximum Gasteiger partial charge on any atom is 0.239 e. The molecule has 160 valence electrons. The van der Waals surface area contributed by atoms with Gasteiger partial charge in [-0.2, -0.15) is 5.10 Å². The van der Waals surface area contributed by atoms with Crippen LogP contribution in [0.4, 0.5) is 11.4 Å². The molecule has 1 aliphatic heterocycles. The number of rotatable bonds is 6. The van der Waals surface area contributed by atoms with Crippen molar-refractivity contribution in [2.24, 2.45) is 5.73 Å². The minimum absolute atomic E-state index is 0.0659. The van der Waals surface area contributed by atoms with Gasteiger partial charge in [-0.1, -0.05) is 37.3 Å². The first-order chi connectivity index (χ1) is 15.0. The molecule has 2 amide bonds. The highest BCUT2D eigenvalue weighted by atomic mass is 16.2. The highest BCUT2D eigenvalue weighted by molar-refractivity contribution is 5.95. The number of fused-ring (bicyclic) bond motifs is 1. The van der Waals surface area contributed by atoms with Crippen molar-refractivity contribution < 1.29 is 9.59 Å². The quantitative estimate of drug-likeness (QED) is 0.639. The van der Waals surface area contributed by atoms with E-state index in [0.29, 0.717) is 6.42 Å². The Labute approximate surface area is 181 Å². The Morgan fingerprint density at radius 1 is 1.13 bits per heavy atom. The molecule has 4 rings (SSSR count). The minimum atomic E-state index is -0.421. The molecule has 0 spiro atoms. The number of aromatic nitrogens is 2. The number of nitrogens with two attached hydrogens (primary N) is 1. The number of hydrogen-bond acceptors (Lipinski definition) is 4. The lowest BCUT2D eigenvalue weighted by molar-refractivity contribution is -0.119. The number of amides is 2. The van der Waals surface area contributed by atoms with Crippen LogP contribution >= 0.6 is 0 Å². The Morgan fingerprint density at radius 2 is 1.87 bits per heavy atom. The molecule has 0 saturated heterocycles. The number of benzene rings is 2. The summed E-state index contributed by atoms with van der Waals surface area (Å²) in [7, 11) is 0. The van der Waals surface area contributed by atoms with Crippen molar-refractivity contribution in [3.8, 4) is 11.1 Å². The number of carbonyl (C=O) groups is 2. The number of hydrogen-bond donors (Lipinski definition) is 2. The Balaban J connectivity index is 1.53. The molecule has 2 aromatic carbocycles. The molecule has 2 heterocycles. The summed E-state index contributed by atoms with van der Waals surface area (Å²) in [6.45, 7) is 4.07. The second-order valence-corrected chi connectivity index (χ2v) is 7.93. The summed E-state index contributed by atoms with van der Waals surface area (Å²) in [5.74, 6) is -0.268. The van der Waals surface area contributed by atoms with Gasteiger partial charge in [0.1, 0.15) is 6.54 Å². The average Bonchev–Trinajstić information content (AvgIpc) is 3.21. The molecule has 31 heavy (non-hydrogen) atoms. The fourth-order valence-electron chi connectivity index (χ4n) is 4.22. The van der Waals surface area contributed by atoms with Crippen LogP contribution in [0, 0.1) is 0 Å². The molecule has 0 radical (unpaired) electrons. The van der Waals surface area contributed by atoms with Gasteiger partial charge in [0.2, 0.25) is 11.8 Å². The molecular formula is C24H27N5O2. The fourth-order valence-corrected chi connectivity index (χ4v) is 4.22. The summed E-state index contributed by atoms with van der Waals surface area (Å²) in [6.07, 6.45) is 4.87. The van der Waals surface area contributed by atoms with E-state index in [0.717, 1.165) is 34.5 Å². The van der Waals surface area contributed by atoms with Gasteiger partial charge in [0, 0.05) is 35.6 Å². The lowest BCUT2D eigenvalue weighted by Crippen LogP contribution is -2.44. The van der Waals surface area contributed by atoms with Gasteiger partial charge < -0.3 is 16.0 Å². The average molecular weight is 418 g/mol. The standard InChI is InChI=1S/C24H27N5O2/c1-3-24(31)29-16(2)12-21(20-6-4-5-7-22(20)29)27-19-10-8-17(9-11-19)18-13-26-28(14-18)15-23(25)30/h4-11,13-14,16,21,27H,3,12,15H2,1-2H3,(H2,25,30)/t16-,21+/m0/s1. The van der Waals surface area contributed by atoms with Crippen LogP contribution in [0.2, 0.25) is 0 Å². The number of anilines is 2. The van der Waals surface area contributed by atoms with Crippen molar-refractivity contribution in [3.05, 3.63) is 66.5 Å². The molecular weight excluding hydrogens is 390 g/mol. The Kier molecular flexibility index (Phi) is 5.75. The van der Waals surface area contributed by atoms with Crippen molar-refractivity contribution in [1.82, 2.24) is 9.78 Å². The molecule has 1 aliphatic rings. The van der Waals surface area contributed by atoms with E-state index >= 15 is 0 Å². The Hall–Kier alpha value is -3.61. The molecule has 0 saturated carbocycles. The van der Waals surface area contributed by atoms with E-state index in [1.54, 1.807) is 6.20 Å². The first-order valence-electron chi connectivity index (χ1n) is 10.5. The molecule has 0 fully saturated rings. The predicted molar refractivity (Wildman–Crippen MR) is 122 cm³/mol. The smallest absolute Gasteiger partial charge is 0.239 e. The van der Waals surface area contributed by atoms with E-state index in [9.17, 15) is 9.59 Å². The van der Waals surface area contributed by atoms with Crippen LogP contribution in [0.5, 0.6) is 0 Å². The summed E-state index contributed by atoms with van der Waals surface area (Å²) in [4.78, 5) is 25.5. The summed E-state index contributed by atoms with van der Waals surface area (Å²) in [6, 6.07) is 16.5. The van der Waals surface area contributed by atoms with Crippen molar-refractivity contribution in [2.75, 3.05) is 10.2 Å². The van der Waals surface area contributed by atoms with Gasteiger partial charge in [0.05, 0.1) is 12.2 Å². The fraction of sp³-hybridized carbons (Fsp3) is 0.292. The van der Waals surface area contributed by atoms with Crippen molar-refractivity contribution in [3.63, 3.8) is 0 Å². The van der Waals surface area contributed by atoms with Crippen LogP contribution in [-0.2, 0) is 16.1 Å². The number of carbonyl (C=O) groups excluding carboxylic acids is 2. The Bertz CT molecular complexity index is 1090. The third-order valence-electron chi connectivity index (χ3n) is 5.67. The molecule has 1 aromatic heterocycles. The zero-order chi connectivity index (χ0) is 22.0. The molecule has 0 aliphatic carbocycles. The molecule has 7 heteroatoms. The monoisotopic (exact) mass is 417 g/mol. The van der Waals surface area contributed by atoms with Gasteiger partial charge >= 0.3 is 0 Å². The van der Waals surface area contributed by atoms with Crippen LogP contribution in [0.1, 0.15) is 38.3 Å². The number of nitrogens with zero attached hydrogens (tertiary/aromatic N) is 3. The summed E-state index contributed by atoms with van der Waals surface area (Å²) in [5, 5.41) is 7.81. The summed E-state index contributed by atoms with van der Waals surface area (Å²) < 4.78 is 1.54. The Morgan fingerprint density at radius 3 is 2.58 bits per heavy atom. The van der Waals surface area contributed by atoms with E-state index in [2.05, 4.69) is 23.4 Å². The van der Waals surface area contributed by atoms with Gasteiger partial charge in [0.15, 0.2) is 0 Å². The lowest BCUT2D eigenvalue weighted by atomic mass is 9.91. The highest BCUT2D eigenvalue weighted by Gasteiger charge is 2.32. The van der Waals surface area contributed by atoms with Crippen LogP contribution in [0.15, 0.2) is 60.9 Å². The molecule has 0 bridgehead atoms. The second-order valence-electron chi connectivity index (χ2n) is 7.93. The summed E-state index contributed by atoms with van der Waals surface area (Å²) >= 11 is 0. The normalized spacial score (nSPS) is 17.8. The highest BCUT2D eigenvalue weighted by Crippen LogP contribution is 2.39. The summed E-state index contributed by atoms with van der Waals surface area (Å²) in [5.41, 5.74) is 10.3. The molecule has 2 atom stereocenters. The van der Waals surface area contributed by atoms with Gasteiger partial charge in [-0.3, -0.25) is 14.3 Å². The maximum absolute atomic E-state index is 12.5. The molecule has 3 aromatic rings. The topological polar surface area (TPSA) is 93.2 Å². The van der Waals surface area contributed by atoms with E-state index < -0.39 is 5.91 Å². The maximum atomic E-state index is 12.5. The van der Waals surface area contributed by atoms with Gasteiger partial charge in [-0.25, -0.2) is 0 Å². The van der Waals surface area contributed by atoms with E-state index in [1.807, 2.05) is 60.5 Å². The van der Waals surface area contributed by atoms with Crippen LogP contribution in [-0.4, -0.2) is 27.6 Å². The third-order valence-corrected chi connectivity index (χ3v) is 5.67. The number of primary amides is 1. The van der Waals surface area contributed by atoms with E-state index in [4.69, 9.17) is 5.73 Å². The predicted octanol–water partition coefficient (Wildman–Crippen LogP) is 3.72. The van der Waals surface area contributed by atoms with Crippen molar-refractivity contribution in [1.29, 1.82) is 0 Å². The van der Waals surface area contributed by atoms with Crippen LogP contribution in [0.3, 0.4) is 0 Å². The van der Waals surface area contributed by atoms with Gasteiger partial charge in [0.25, 0.3) is 0 Å². The SMILES string of the molecule is CCC(=O)N1c2ccccc2[C@H](Nc2ccc(-c3cnn(CC(N)=O)c3)cc2)C[C@@H]1C. The molecule has 3 N–H and O–H groups in total. The largest absolute Gasteiger partial charge is 0.378 e. The van der Waals surface area contributed by atoms with Crippen molar-refractivity contribution >= 4 is 23.2 Å².